The minimum atomic E-state index is -2.47. The molecule has 11 heavy (non-hydrogen) atoms. The molecule has 0 aliphatic rings. The van der Waals surface area contributed by atoms with E-state index >= 15 is 0 Å². The molecule has 0 aliphatic carbocycles. The number of aromatic nitrogens is 1. The van der Waals surface area contributed by atoms with Crippen molar-refractivity contribution in [2.45, 2.75) is 6.43 Å². The summed E-state index contributed by atoms with van der Waals surface area (Å²) in [4.78, 5) is 3.69. The van der Waals surface area contributed by atoms with Crippen LogP contribution in [0.5, 0.6) is 0 Å². The second-order valence-corrected chi connectivity index (χ2v) is 3.45. The van der Waals surface area contributed by atoms with Crippen LogP contribution in [0.3, 0.4) is 0 Å². The first-order valence-corrected chi connectivity index (χ1v) is 4.29. The second-order valence-electron chi connectivity index (χ2n) is 1.84. The molecule has 0 aliphatic heterocycles. The first kappa shape index (κ1) is 9.06. The fraction of sp³-hybridized carbons (Fsp3) is 0.167. The van der Waals surface area contributed by atoms with Gasteiger partial charge in [-0.25, -0.2) is 13.8 Å². The van der Waals surface area contributed by atoms with Gasteiger partial charge in [-0.1, -0.05) is 0 Å². The fourth-order valence-corrected chi connectivity index (χ4v) is 1.14. The van der Waals surface area contributed by atoms with Crippen LogP contribution in [0, 0.1) is 0 Å². The number of alkyl halides is 2. The lowest BCUT2D eigenvalue weighted by atomic mass is 10.3. The standard InChI is InChI=1S/C6H3Br2F2N/c7-4-1-3(6(9)10)2-11-5(4)8/h1-2,6H. The van der Waals surface area contributed by atoms with Crippen LogP contribution >= 0.6 is 31.9 Å². The Morgan fingerprint density at radius 1 is 1.36 bits per heavy atom. The summed E-state index contributed by atoms with van der Waals surface area (Å²) in [7, 11) is 0. The lowest BCUT2D eigenvalue weighted by molar-refractivity contribution is 0.151. The second kappa shape index (κ2) is 3.58. The molecule has 1 aromatic rings. The van der Waals surface area contributed by atoms with Gasteiger partial charge in [-0.2, -0.15) is 0 Å². The summed E-state index contributed by atoms with van der Waals surface area (Å²) in [6.45, 7) is 0. The highest BCUT2D eigenvalue weighted by atomic mass is 79.9. The SMILES string of the molecule is FC(F)c1cnc(Br)c(Br)c1. The van der Waals surface area contributed by atoms with Crippen molar-refractivity contribution in [3.63, 3.8) is 0 Å². The van der Waals surface area contributed by atoms with Gasteiger partial charge >= 0.3 is 0 Å². The van der Waals surface area contributed by atoms with Gasteiger partial charge in [-0.3, -0.25) is 0 Å². The summed E-state index contributed by atoms with van der Waals surface area (Å²) < 4.78 is 25.1. The smallest absolute Gasteiger partial charge is 0.248 e. The molecule has 0 fully saturated rings. The van der Waals surface area contributed by atoms with Gasteiger partial charge in [-0.15, -0.1) is 0 Å². The van der Waals surface area contributed by atoms with E-state index in [2.05, 4.69) is 36.8 Å². The monoisotopic (exact) mass is 285 g/mol. The number of hydrogen-bond donors (Lipinski definition) is 0. The molecular weight excluding hydrogens is 284 g/mol. The van der Waals surface area contributed by atoms with E-state index in [0.29, 0.717) is 9.08 Å². The van der Waals surface area contributed by atoms with Crippen LogP contribution in [0.4, 0.5) is 8.78 Å². The van der Waals surface area contributed by atoms with E-state index in [9.17, 15) is 8.78 Å². The molecule has 1 heterocycles. The number of pyridine rings is 1. The van der Waals surface area contributed by atoms with Crippen LogP contribution in [-0.4, -0.2) is 4.98 Å². The molecule has 0 atom stereocenters. The van der Waals surface area contributed by atoms with E-state index in [4.69, 9.17) is 0 Å². The molecule has 0 spiro atoms. The topological polar surface area (TPSA) is 12.9 Å². The Balaban J connectivity index is 3.05. The molecule has 1 nitrogen and oxygen atoms in total. The Hall–Kier alpha value is -0.0300. The molecule has 0 saturated heterocycles. The zero-order chi connectivity index (χ0) is 8.43. The van der Waals surface area contributed by atoms with E-state index in [1.165, 1.54) is 6.07 Å². The maximum Gasteiger partial charge on any atom is 0.265 e. The van der Waals surface area contributed by atoms with Crippen molar-refractivity contribution in [3.8, 4) is 0 Å². The molecule has 0 bridgehead atoms. The average molecular weight is 287 g/mol. The summed E-state index contributed by atoms with van der Waals surface area (Å²) in [5.41, 5.74) is -0.0833. The van der Waals surface area contributed by atoms with Crippen molar-refractivity contribution in [2.24, 2.45) is 0 Å². The molecule has 1 aromatic heterocycles. The van der Waals surface area contributed by atoms with Gasteiger partial charge < -0.3 is 0 Å². The van der Waals surface area contributed by atoms with Crippen molar-refractivity contribution < 1.29 is 8.78 Å². The summed E-state index contributed by atoms with van der Waals surface area (Å²) in [6, 6.07) is 1.34. The van der Waals surface area contributed by atoms with E-state index < -0.39 is 6.43 Å². The number of nitrogens with zero attached hydrogens (tertiary/aromatic N) is 1. The van der Waals surface area contributed by atoms with Gasteiger partial charge in [0.15, 0.2) is 0 Å². The largest absolute Gasteiger partial charge is 0.265 e. The maximum atomic E-state index is 12.0. The average Bonchev–Trinajstić information content (AvgIpc) is 1.94. The molecular formula is C6H3Br2F2N. The molecule has 5 heteroatoms. The van der Waals surface area contributed by atoms with Crippen molar-refractivity contribution in [2.75, 3.05) is 0 Å². The molecule has 0 radical (unpaired) electrons. The molecule has 0 saturated carbocycles. The summed E-state index contributed by atoms with van der Waals surface area (Å²) in [6.07, 6.45) is -1.33. The molecule has 60 valence electrons. The molecule has 0 aromatic carbocycles. The van der Waals surface area contributed by atoms with E-state index in [0.717, 1.165) is 6.20 Å². The van der Waals surface area contributed by atoms with E-state index in [1.807, 2.05) is 0 Å². The van der Waals surface area contributed by atoms with Crippen molar-refractivity contribution in [1.29, 1.82) is 0 Å². The Bertz CT molecular complexity index is 265. The maximum absolute atomic E-state index is 12.0. The Morgan fingerprint density at radius 2 is 2.00 bits per heavy atom. The Kier molecular flexibility index (Phi) is 2.95. The lowest BCUT2D eigenvalue weighted by Gasteiger charge is -1.99. The summed E-state index contributed by atoms with van der Waals surface area (Å²) in [5.74, 6) is 0. The Morgan fingerprint density at radius 3 is 2.45 bits per heavy atom. The summed E-state index contributed by atoms with van der Waals surface area (Å²) in [5, 5.41) is 0. The molecule has 0 unspecified atom stereocenters. The van der Waals surface area contributed by atoms with Crippen LogP contribution in [0.15, 0.2) is 21.3 Å². The minimum absolute atomic E-state index is 0.0833. The zero-order valence-corrected chi connectivity index (χ0v) is 8.36. The highest BCUT2D eigenvalue weighted by Gasteiger charge is 2.08. The van der Waals surface area contributed by atoms with Crippen molar-refractivity contribution >= 4 is 31.9 Å². The first-order chi connectivity index (χ1) is 5.11. The van der Waals surface area contributed by atoms with E-state index in [-0.39, 0.29) is 5.56 Å². The lowest BCUT2D eigenvalue weighted by Crippen LogP contribution is -1.86. The van der Waals surface area contributed by atoms with Gasteiger partial charge in [0.05, 0.1) is 4.47 Å². The summed E-state index contributed by atoms with van der Waals surface area (Å²) >= 11 is 6.15. The predicted molar refractivity (Wildman–Crippen MR) is 44.6 cm³/mol. The van der Waals surface area contributed by atoms with Crippen LogP contribution in [0.1, 0.15) is 12.0 Å². The van der Waals surface area contributed by atoms with Crippen LogP contribution in [-0.2, 0) is 0 Å². The van der Waals surface area contributed by atoms with Crippen LogP contribution in [0.2, 0.25) is 0 Å². The highest BCUT2D eigenvalue weighted by Crippen LogP contribution is 2.25. The minimum Gasteiger partial charge on any atom is -0.248 e. The quantitative estimate of drug-likeness (QED) is 0.720. The molecule has 0 N–H and O–H groups in total. The predicted octanol–water partition coefficient (Wildman–Crippen LogP) is 3.54. The van der Waals surface area contributed by atoms with Gasteiger partial charge in [0.2, 0.25) is 0 Å². The third-order valence-corrected chi connectivity index (χ3v) is 2.84. The third kappa shape index (κ3) is 2.20. The van der Waals surface area contributed by atoms with Gasteiger partial charge in [0, 0.05) is 11.8 Å². The number of rotatable bonds is 1. The molecule has 0 amide bonds. The molecule has 1 rings (SSSR count). The van der Waals surface area contributed by atoms with Crippen LogP contribution < -0.4 is 0 Å². The third-order valence-electron chi connectivity index (χ3n) is 1.07. The highest BCUT2D eigenvalue weighted by molar-refractivity contribution is 9.13. The van der Waals surface area contributed by atoms with Gasteiger partial charge in [0.1, 0.15) is 4.60 Å². The van der Waals surface area contributed by atoms with Gasteiger partial charge in [0.25, 0.3) is 6.43 Å². The van der Waals surface area contributed by atoms with Crippen LogP contribution in [0.25, 0.3) is 0 Å². The zero-order valence-electron chi connectivity index (χ0n) is 5.19. The Labute approximate surface area is 79.1 Å². The van der Waals surface area contributed by atoms with E-state index in [1.54, 1.807) is 0 Å². The number of hydrogen-bond acceptors (Lipinski definition) is 1. The van der Waals surface area contributed by atoms with Gasteiger partial charge in [-0.05, 0) is 37.9 Å². The van der Waals surface area contributed by atoms with Crippen molar-refractivity contribution in [3.05, 3.63) is 26.9 Å². The number of halogens is 4. The first-order valence-electron chi connectivity index (χ1n) is 2.70. The van der Waals surface area contributed by atoms with Crippen molar-refractivity contribution in [1.82, 2.24) is 4.98 Å². The normalized spacial score (nSPS) is 10.6. The fourth-order valence-electron chi connectivity index (χ4n) is 0.555.